The summed E-state index contributed by atoms with van der Waals surface area (Å²) in [7, 11) is 6.44. The monoisotopic (exact) mass is 621 g/mol. The van der Waals surface area contributed by atoms with Crippen molar-refractivity contribution in [3.63, 3.8) is 0 Å². The summed E-state index contributed by atoms with van der Waals surface area (Å²) in [5, 5.41) is 10.7. The van der Waals surface area contributed by atoms with Crippen LogP contribution in [0.25, 0.3) is 0 Å². The third-order valence-corrected chi connectivity index (χ3v) is 8.71. The Kier molecular flexibility index (Phi) is 11.7. The van der Waals surface area contributed by atoms with E-state index in [1.807, 2.05) is 66.7 Å². The fourth-order valence-corrected chi connectivity index (χ4v) is 6.00. The van der Waals surface area contributed by atoms with Crippen LogP contribution in [0, 0.1) is 10.1 Å². The molecule has 0 bridgehead atoms. The van der Waals surface area contributed by atoms with Crippen molar-refractivity contribution in [2.75, 3.05) is 38.9 Å². The van der Waals surface area contributed by atoms with Gasteiger partial charge in [-0.15, -0.1) is 0 Å². The van der Waals surface area contributed by atoms with Crippen molar-refractivity contribution in [2.45, 2.75) is 5.60 Å². The van der Waals surface area contributed by atoms with Crippen molar-refractivity contribution in [2.24, 2.45) is 0 Å². The molecular weight excluding hydrogens is 590 g/mol. The van der Waals surface area contributed by atoms with E-state index >= 15 is 0 Å². The van der Waals surface area contributed by atoms with Crippen molar-refractivity contribution in [3.8, 4) is 17.2 Å². The molecule has 0 fully saturated rings. The molecule has 4 aromatic carbocycles. The van der Waals surface area contributed by atoms with Gasteiger partial charge in [0.15, 0.2) is 0 Å². The molecule has 11 heteroatoms. The number of hydrogen-bond donors (Lipinski definition) is 0. The fraction of sp³-hybridized carbons (Fsp3) is 0.219. The van der Waals surface area contributed by atoms with Crippen LogP contribution >= 0.6 is 21.6 Å². The number of carbonyl (C=O) groups excluding carboxylic acids is 1. The molecule has 0 aliphatic heterocycles. The molecule has 0 amide bonds. The number of non-ortho nitro benzene ring substituents is 1. The van der Waals surface area contributed by atoms with Gasteiger partial charge in [-0.05, 0) is 53.1 Å². The standard InChI is InChI=1S/C32H31NO8S2/c1-37-28-14-8-25(9-15-28)32(24-6-4-3-5-7-24,26-10-16-29(38-2)17-11-26)40-21-23-43-42-22-20-39-31(34)41-30-18-12-27(13-19-30)33(35)36/h3-19H,20-23H2,1-2H3. The Labute approximate surface area is 258 Å². The predicted molar refractivity (Wildman–Crippen MR) is 168 cm³/mol. The van der Waals surface area contributed by atoms with Crippen LogP contribution in [-0.4, -0.2) is 50.0 Å². The van der Waals surface area contributed by atoms with Gasteiger partial charge in [0, 0.05) is 23.6 Å². The summed E-state index contributed by atoms with van der Waals surface area (Å²) in [6, 6.07) is 31.1. The van der Waals surface area contributed by atoms with E-state index in [2.05, 4.69) is 12.1 Å². The summed E-state index contributed by atoms with van der Waals surface area (Å²) in [5.74, 6) is 2.91. The molecule has 0 atom stereocenters. The average molecular weight is 622 g/mol. The van der Waals surface area contributed by atoms with E-state index in [-0.39, 0.29) is 18.0 Å². The first-order chi connectivity index (χ1) is 21.0. The third kappa shape index (κ3) is 8.44. The lowest BCUT2D eigenvalue weighted by Crippen LogP contribution is -2.33. The van der Waals surface area contributed by atoms with Gasteiger partial charge in [-0.1, -0.05) is 76.2 Å². The number of methoxy groups -OCH3 is 2. The molecule has 0 aromatic heterocycles. The van der Waals surface area contributed by atoms with Crippen molar-refractivity contribution >= 4 is 33.4 Å². The lowest BCUT2D eigenvalue weighted by molar-refractivity contribution is -0.384. The maximum Gasteiger partial charge on any atom is 0.513 e. The Morgan fingerprint density at radius 3 is 1.70 bits per heavy atom. The Hall–Kier alpha value is -4.19. The Morgan fingerprint density at radius 2 is 1.19 bits per heavy atom. The van der Waals surface area contributed by atoms with E-state index in [1.54, 1.807) is 35.8 Å². The molecule has 43 heavy (non-hydrogen) atoms. The molecule has 0 heterocycles. The zero-order chi connectivity index (χ0) is 30.5. The first kappa shape index (κ1) is 31.7. The number of rotatable bonds is 15. The highest BCUT2D eigenvalue weighted by Crippen LogP contribution is 2.42. The molecule has 9 nitrogen and oxygen atoms in total. The van der Waals surface area contributed by atoms with Gasteiger partial charge in [-0.25, -0.2) is 4.79 Å². The lowest BCUT2D eigenvalue weighted by atomic mass is 9.80. The molecule has 0 saturated carbocycles. The molecule has 0 saturated heterocycles. The number of hydrogen-bond acceptors (Lipinski definition) is 10. The summed E-state index contributed by atoms with van der Waals surface area (Å²) in [5.41, 5.74) is 1.94. The second-order valence-corrected chi connectivity index (χ2v) is 11.7. The maximum atomic E-state index is 11.9. The van der Waals surface area contributed by atoms with Gasteiger partial charge in [-0.3, -0.25) is 10.1 Å². The number of carbonyl (C=O) groups is 1. The van der Waals surface area contributed by atoms with Gasteiger partial charge in [-0.2, -0.15) is 0 Å². The van der Waals surface area contributed by atoms with Crippen LogP contribution in [-0.2, 0) is 15.1 Å². The SMILES string of the molecule is COc1ccc(C(OCCSSCCOC(=O)Oc2ccc([N+](=O)[O-])cc2)(c2ccccc2)c2ccc(OC)cc2)cc1. The summed E-state index contributed by atoms with van der Waals surface area (Å²) in [4.78, 5) is 22.1. The molecular formula is C32H31NO8S2. The fourth-order valence-electron chi connectivity index (χ4n) is 4.34. The molecule has 0 N–H and O–H groups in total. The third-order valence-electron chi connectivity index (χ3n) is 6.38. The summed E-state index contributed by atoms with van der Waals surface area (Å²) >= 11 is 0. The molecule has 224 valence electrons. The summed E-state index contributed by atoms with van der Waals surface area (Å²) in [6.07, 6.45) is -0.866. The predicted octanol–water partition coefficient (Wildman–Crippen LogP) is 7.52. The Morgan fingerprint density at radius 1 is 0.698 bits per heavy atom. The molecule has 0 spiro atoms. The average Bonchev–Trinajstić information content (AvgIpc) is 3.05. The maximum absolute atomic E-state index is 11.9. The quantitative estimate of drug-likeness (QED) is 0.0252. The van der Waals surface area contributed by atoms with Gasteiger partial charge in [0.1, 0.15) is 29.5 Å². The van der Waals surface area contributed by atoms with Crippen LogP contribution in [0.4, 0.5) is 10.5 Å². The zero-order valence-corrected chi connectivity index (χ0v) is 25.3. The largest absolute Gasteiger partial charge is 0.513 e. The minimum Gasteiger partial charge on any atom is -0.497 e. The smallest absolute Gasteiger partial charge is 0.497 e. The van der Waals surface area contributed by atoms with E-state index in [4.69, 9.17) is 23.7 Å². The molecule has 0 aliphatic carbocycles. The molecule has 4 rings (SSSR count). The molecule has 0 unspecified atom stereocenters. The molecule has 4 aromatic rings. The number of nitro groups is 1. The van der Waals surface area contributed by atoms with E-state index in [9.17, 15) is 14.9 Å². The number of nitrogens with zero attached hydrogens (tertiary/aromatic N) is 1. The van der Waals surface area contributed by atoms with Crippen molar-refractivity contribution in [3.05, 3.63) is 130 Å². The van der Waals surface area contributed by atoms with Gasteiger partial charge in [0.25, 0.3) is 5.69 Å². The van der Waals surface area contributed by atoms with Gasteiger partial charge >= 0.3 is 6.16 Å². The highest BCUT2D eigenvalue weighted by atomic mass is 33.1. The van der Waals surface area contributed by atoms with Gasteiger partial charge < -0.3 is 23.7 Å². The second kappa shape index (κ2) is 15.9. The molecule has 0 radical (unpaired) electrons. The van der Waals surface area contributed by atoms with Gasteiger partial charge in [0.2, 0.25) is 0 Å². The van der Waals surface area contributed by atoms with Crippen LogP contribution < -0.4 is 14.2 Å². The first-order valence-corrected chi connectivity index (χ1v) is 15.8. The van der Waals surface area contributed by atoms with E-state index in [0.717, 1.165) is 28.2 Å². The Balaban J connectivity index is 1.35. The minimum atomic E-state index is -0.879. The van der Waals surface area contributed by atoms with Crippen LogP contribution in [0.2, 0.25) is 0 Å². The molecule has 0 aliphatic rings. The number of ether oxygens (including phenoxy) is 5. The van der Waals surface area contributed by atoms with Gasteiger partial charge in [0.05, 0.1) is 25.7 Å². The zero-order valence-electron chi connectivity index (χ0n) is 23.7. The topological polar surface area (TPSA) is 106 Å². The van der Waals surface area contributed by atoms with Crippen molar-refractivity contribution in [1.82, 2.24) is 0 Å². The highest BCUT2D eigenvalue weighted by molar-refractivity contribution is 8.76. The van der Waals surface area contributed by atoms with E-state index < -0.39 is 16.7 Å². The van der Waals surface area contributed by atoms with Crippen LogP contribution in [0.1, 0.15) is 16.7 Å². The highest BCUT2D eigenvalue weighted by Gasteiger charge is 2.37. The van der Waals surface area contributed by atoms with Crippen LogP contribution in [0.5, 0.6) is 17.2 Å². The number of benzene rings is 4. The van der Waals surface area contributed by atoms with Crippen molar-refractivity contribution < 1.29 is 33.4 Å². The first-order valence-electron chi connectivity index (χ1n) is 13.3. The minimum absolute atomic E-state index is 0.0906. The van der Waals surface area contributed by atoms with Crippen molar-refractivity contribution in [1.29, 1.82) is 0 Å². The van der Waals surface area contributed by atoms with Crippen LogP contribution in [0.15, 0.2) is 103 Å². The normalized spacial score (nSPS) is 11.0. The van der Waals surface area contributed by atoms with Crippen LogP contribution in [0.3, 0.4) is 0 Å². The Bertz CT molecular complexity index is 1400. The summed E-state index contributed by atoms with van der Waals surface area (Å²) in [6.45, 7) is 0.587. The lowest BCUT2D eigenvalue weighted by Gasteiger charge is -2.36. The number of nitro benzene ring substituents is 1. The van der Waals surface area contributed by atoms with E-state index in [1.165, 1.54) is 24.3 Å². The summed E-state index contributed by atoms with van der Waals surface area (Å²) < 4.78 is 27.8. The van der Waals surface area contributed by atoms with E-state index in [0.29, 0.717) is 18.1 Å². The second-order valence-electron chi connectivity index (χ2n) is 8.95.